The monoisotopic (exact) mass is 421 g/mol. The summed E-state index contributed by atoms with van der Waals surface area (Å²) in [6.45, 7) is 8.26. The normalized spacial score (nSPS) is 45.2. The van der Waals surface area contributed by atoms with Crippen LogP contribution in [0.5, 0.6) is 0 Å². The molecule has 0 aromatic carbocycles. The molecule has 8 atom stereocenters. The zero-order valence-electron chi connectivity index (χ0n) is 18.8. The van der Waals surface area contributed by atoms with Crippen molar-refractivity contribution in [1.82, 2.24) is 4.57 Å². The van der Waals surface area contributed by atoms with Crippen molar-refractivity contribution in [2.75, 3.05) is 6.61 Å². The predicted octanol–water partition coefficient (Wildman–Crippen LogP) is 3.32. The molecule has 168 valence electrons. The lowest BCUT2D eigenvalue weighted by Crippen LogP contribution is -2.70. The Hall–Kier alpha value is -0.990. The van der Waals surface area contributed by atoms with E-state index in [1.807, 2.05) is 14.0 Å². The van der Waals surface area contributed by atoms with E-state index in [4.69, 9.17) is 24.0 Å². The summed E-state index contributed by atoms with van der Waals surface area (Å²) in [6, 6.07) is 0. The zero-order chi connectivity index (χ0) is 20.9. The maximum Gasteiger partial charge on any atom is 0.243 e. The molecule has 1 unspecified atom stereocenters. The van der Waals surface area contributed by atoms with Crippen molar-refractivity contribution in [3.8, 4) is 0 Å². The minimum atomic E-state index is -0.727. The first-order valence-corrected chi connectivity index (χ1v) is 11.7. The third-order valence-electron chi connectivity index (χ3n) is 8.01. The number of fused-ring (bicyclic) bond motifs is 2. The Morgan fingerprint density at radius 1 is 1.13 bits per heavy atom. The van der Waals surface area contributed by atoms with Gasteiger partial charge in [-0.1, -0.05) is 13.8 Å². The van der Waals surface area contributed by atoms with Gasteiger partial charge in [-0.25, -0.2) is 18.9 Å². The largest absolute Gasteiger partial charge is 0.352 e. The van der Waals surface area contributed by atoms with E-state index < -0.39 is 17.7 Å². The molecular formula is C23H37N2O5+. The minimum absolute atomic E-state index is 0.245. The Bertz CT molecular complexity index is 756. The molecule has 2 bridgehead atoms. The number of hydrogen-bond donors (Lipinski definition) is 0. The first-order chi connectivity index (χ1) is 14.4. The number of ether oxygens (including phenoxy) is 3. The van der Waals surface area contributed by atoms with Crippen molar-refractivity contribution in [3.63, 3.8) is 0 Å². The maximum absolute atomic E-state index is 6.47. The lowest BCUT2D eigenvalue weighted by Gasteiger charge is -2.60. The third-order valence-corrected chi connectivity index (χ3v) is 8.01. The number of nitrogens with zero attached hydrogens (tertiary/aromatic N) is 2. The van der Waals surface area contributed by atoms with E-state index in [-0.39, 0.29) is 12.2 Å². The van der Waals surface area contributed by atoms with Gasteiger partial charge in [-0.2, -0.15) is 0 Å². The van der Waals surface area contributed by atoms with Gasteiger partial charge in [0.2, 0.25) is 12.1 Å². The lowest BCUT2D eigenvalue weighted by atomic mass is 9.58. The smallest absolute Gasteiger partial charge is 0.243 e. The van der Waals surface area contributed by atoms with Crippen LogP contribution in [-0.4, -0.2) is 35.1 Å². The summed E-state index contributed by atoms with van der Waals surface area (Å²) in [7, 11) is 2.04. The molecule has 1 aliphatic carbocycles. The molecule has 4 aliphatic heterocycles. The second-order valence-electron chi connectivity index (χ2n) is 10.2. The van der Waals surface area contributed by atoms with E-state index in [0.717, 1.165) is 38.6 Å². The molecule has 1 saturated carbocycles. The molecular weight excluding hydrogens is 384 g/mol. The van der Waals surface area contributed by atoms with Crippen molar-refractivity contribution >= 4 is 0 Å². The van der Waals surface area contributed by atoms with Crippen molar-refractivity contribution < 1.29 is 28.6 Å². The average molecular weight is 422 g/mol. The Morgan fingerprint density at radius 2 is 2.00 bits per heavy atom. The molecule has 7 nitrogen and oxygen atoms in total. The highest BCUT2D eigenvalue weighted by molar-refractivity contribution is 5.09. The van der Waals surface area contributed by atoms with Crippen LogP contribution in [0.2, 0.25) is 0 Å². The fraction of sp³-hybridized carbons (Fsp3) is 0.870. The summed E-state index contributed by atoms with van der Waals surface area (Å²) in [6.07, 6.45) is 11.9. The van der Waals surface area contributed by atoms with Gasteiger partial charge in [-0.15, -0.1) is 0 Å². The number of unbranched alkanes of at least 4 members (excludes halogenated alkanes) is 1. The number of aromatic nitrogens is 2. The van der Waals surface area contributed by atoms with Crippen LogP contribution in [0, 0.1) is 23.7 Å². The van der Waals surface area contributed by atoms with Crippen molar-refractivity contribution in [3.05, 3.63) is 18.7 Å². The zero-order valence-corrected chi connectivity index (χ0v) is 18.8. The maximum atomic E-state index is 6.47. The van der Waals surface area contributed by atoms with Crippen LogP contribution in [-0.2, 0) is 37.6 Å². The molecule has 1 aromatic rings. The van der Waals surface area contributed by atoms with Gasteiger partial charge in [0.15, 0.2) is 18.2 Å². The van der Waals surface area contributed by atoms with E-state index in [1.165, 1.54) is 6.42 Å². The third kappa shape index (κ3) is 3.43. The van der Waals surface area contributed by atoms with E-state index in [9.17, 15) is 0 Å². The molecule has 5 aliphatic rings. The summed E-state index contributed by atoms with van der Waals surface area (Å²) in [5.74, 6) is 0.826. The molecule has 0 amide bonds. The summed E-state index contributed by atoms with van der Waals surface area (Å²) in [5.41, 5.74) is -0.503. The molecule has 30 heavy (non-hydrogen) atoms. The van der Waals surface area contributed by atoms with Gasteiger partial charge in [0, 0.05) is 24.9 Å². The van der Waals surface area contributed by atoms with Crippen LogP contribution < -0.4 is 4.57 Å². The van der Waals surface area contributed by atoms with Gasteiger partial charge in [0.1, 0.15) is 12.4 Å². The second-order valence-corrected chi connectivity index (χ2v) is 10.2. The van der Waals surface area contributed by atoms with Gasteiger partial charge < -0.3 is 14.2 Å². The Morgan fingerprint density at radius 3 is 2.80 bits per heavy atom. The highest BCUT2D eigenvalue weighted by Gasteiger charge is 2.69. The first-order valence-electron chi connectivity index (χ1n) is 11.7. The molecule has 5 fully saturated rings. The SMILES string of the molecule is C[C@H]1[C@@H](OCCCCn2cc[n+](C)c2)O[C@@H]2OC3(C)CC[C@H]4[C@H](C)CC[C@@H]1[C@@]24OO3. The van der Waals surface area contributed by atoms with Crippen LogP contribution in [0.25, 0.3) is 0 Å². The molecule has 1 aromatic heterocycles. The molecule has 4 saturated heterocycles. The predicted molar refractivity (Wildman–Crippen MR) is 108 cm³/mol. The Balaban J connectivity index is 1.24. The highest BCUT2D eigenvalue weighted by atomic mass is 17.3. The molecule has 0 radical (unpaired) electrons. The Kier molecular flexibility index (Phi) is 5.47. The van der Waals surface area contributed by atoms with Gasteiger partial charge in [0.05, 0.1) is 13.6 Å². The van der Waals surface area contributed by atoms with Gasteiger partial charge in [-0.05, 0) is 50.9 Å². The average Bonchev–Trinajstić information content (AvgIpc) is 3.00. The van der Waals surface area contributed by atoms with Crippen molar-refractivity contribution in [1.29, 1.82) is 0 Å². The number of rotatable bonds is 6. The number of aryl methyl sites for hydroxylation is 2. The van der Waals surface area contributed by atoms with E-state index in [1.54, 1.807) is 0 Å². The van der Waals surface area contributed by atoms with Crippen LogP contribution in [0.1, 0.15) is 59.3 Å². The van der Waals surface area contributed by atoms with E-state index in [2.05, 4.69) is 41.7 Å². The van der Waals surface area contributed by atoms with Crippen LogP contribution in [0.4, 0.5) is 0 Å². The fourth-order valence-electron chi connectivity index (χ4n) is 6.29. The highest BCUT2D eigenvalue weighted by Crippen LogP contribution is 2.60. The van der Waals surface area contributed by atoms with Gasteiger partial charge >= 0.3 is 0 Å². The molecule has 5 heterocycles. The van der Waals surface area contributed by atoms with Crippen LogP contribution >= 0.6 is 0 Å². The molecule has 7 heteroatoms. The summed E-state index contributed by atoms with van der Waals surface area (Å²) in [4.78, 5) is 12.1. The summed E-state index contributed by atoms with van der Waals surface area (Å²) in [5, 5.41) is 0. The fourth-order valence-corrected chi connectivity index (χ4v) is 6.29. The van der Waals surface area contributed by atoms with Crippen LogP contribution in [0.3, 0.4) is 0 Å². The minimum Gasteiger partial charge on any atom is -0.352 e. The van der Waals surface area contributed by atoms with Crippen molar-refractivity contribution in [2.24, 2.45) is 30.7 Å². The molecule has 0 N–H and O–H groups in total. The standard InChI is InChI=1S/C23H37N2O5/c1-16-7-8-19-17(2)20(26-14-6-5-11-25-13-12-24(4)15-25)27-21-23(19)18(16)9-10-22(3,28-21)29-30-23/h12-13,15-21H,5-11,14H2,1-4H3/q+1/t16-,17-,18+,19+,20+,21-,22?,23-/m1/s1. The number of imidazole rings is 1. The summed E-state index contributed by atoms with van der Waals surface area (Å²) >= 11 is 0. The topological polar surface area (TPSA) is 55.0 Å². The lowest BCUT2D eigenvalue weighted by molar-refractivity contribution is -0.671. The quantitative estimate of drug-likeness (QED) is 0.401. The second kappa shape index (κ2) is 7.85. The molecule has 1 spiro atoms. The van der Waals surface area contributed by atoms with E-state index >= 15 is 0 Å². The first kappa shape index (κ1) is 20.9. The Labute approximate surface area is 179 Å². The molecule has 6 rings (SSSR count). The van der Waals surface area contributed by atoms with Gasteiger partial charge in [-0.3, -0.25) is 0 Å². The van der Waals surface area contributed by atoms with Gasteiger partial charge in [0.25, 0.3) is 0 Å². The van der Waals surface area contributed by atoms with Crippen LogP contribution in [0.15, 0.2) is 18.7 Å². The van der Waals surface area contributed by atoms with Crippen molar-refractivity contribution in [2.45, 2.75) is 89.8 Å². The number of hydrogen-bond acceptors (Lipinski definition) is 5. The summed E-state index contributed by atoms with van der Waals surface area (Å²) < 4.78 is 23.4. The van der Waals surface area contributed by atoms with E-state index in [0.29, 0.717) is 24.4 Å².